The maximum absolute atomic E-state index is 10.4. The summed E-state index contributed by atoms with van der Waals surface area (Å²) in [5, 5.41) is 10.5. The minimum absolute atomic E-state index is 0.872. The highest BCUT2D eigenvalue weighted by molar-refractivity contribution is 8.13. The molecule has 0 radical (unpaired) electrons. The van der Waals surface area contributed by atoms with Crippen molar-refractivity contribution in [3.8, 4) is 0 Å². The van der Waals surface area contributed by atoms with E-state index in [1.165, 1.54) is 0 Å². The molecule has 1 aromatic carbocycles. The van der Waals surface area contributed by atoms with Crippen LogP contribution in [0, 0.1) is 0 Å². The van der Waals surface area contributed by atoms with Crippen molar-refractivity contribution in [1.29, 1.82) is 0 Å². The van der Waals surface area contributed by atoms with Crippen molar-refractivity contribution >= 4 is 35.9 Å². The van der Waals surface area contributed by atoms with E-state index in [1.54, 1.807) is 30.0 Å². The third kappa shape index (κ3) is 3.85. The van der Waals surface area contributed by atoms with E-state index in [-0.39, 0.29) is 0 Å². The maximum Gasteiger partial charge on any atom is 0.328 e. The van der Waals surface area contributed by atoms with Crippen LogP contribution in [0.25, 0.3) is 6.08 Å². The molecule has 0 unspecified atom stereocenters. The zero-order valence-electron chi connectivity index (χ0n) is 8.74. The van der Waals surface area contributed by atoms with Crippen LogP contribution in [0.5, 0.6) is 0 Å². The molecule has 2 rings (SSSR count). The van der Waals surface area contributed by atoms with Gasteiger partial charge in [0.1, 0.15) is 0 Å². The molecule has 6 heteroatoms. The Bertz CT molecular complexity index is 449. The second-order valence-electron chi connectivity index (χ2n) is 3.13. The summed E-state index contributed by atoms with van der Waals surface area (Å²) in [6.45, 7) is 0. The van der Waals surface area contributed by atoms with Crippen molar-refractivity contribution in [3.63, 3.8) is 0 Å². The van der Waals surface area contributed by atoms with Gasteiger partial charge in [-0.15, -0.1) is 0 Å². The number of nitrogens with one attached hydrogen (secondary N) is 1. The summed E-state index contributed by atoms with van der Waals surface area (Å²) in [7, 11) is 0. The number of carboxylic acids is 1. The monoisotopic (exact) mass is 266 g/mol. The van der Waals surface area contributed by atoms with Crippen LogP contribution < -0.4 is 5.43 Å². The molecule has 17 heavy (non-hydrogen) atoms. The van der Waals surface area contributed by atoms with Gasteiger partial charge in [-0.2, -0.15) is 0 Å². The van der Waals surface area contributed by atoms with E-state index in [0.717, 1.165) is 16.5 Å². The molecule has 1 aliphatic heterocycles. The van der Waals surface area contributed by atoms with Crippen molar-refractivity contribution < 1.29 is 9.90 Å². The summed E-state index contributed by atoms with van der Waals surface area (Å²) in [5.41, 5.74) is 3.92. The summed E-state index contributed by atoms with van der Waals surface area (Å²) in [5.74, 6) is -0.938. The van der Waals surface area contributed by atoms with Crippen LogP contribution in [-0.2, 0) is 4.79 Å². The fraction of sp³-hybridized carbons (Fsp3) is 0. The molecule has 1 aromatic rings. The molecule has 0 aliphatic carbocycles. The average Bonchev–Trinajstić information content (AvgIpc) is 2.81. The summed E-state index contributed by atoms with van der Waals surface area (Å²) < 4.78 is 1.92. The highest BCUT2D eigenvalue weighted by Crippen LogP contribution is 2.30. The molecule has 4 nitrogen and oxygen atoms in total. The first-order valence-corrected chi connectivity index (χ1v) is 6.42. The van der Waals surface area contributed by atoms with Crippen molar-refractivity contribution in [2.24, 2.45) is 0 Å². The lowest BCUT2D eigenvalue weighted by Crippen LogP contribution is -2.14. The second kappa shape index (κ2) is 5.81. The Labute approximate surface area is 108 Å². The number of aliphatic carboxylic acids is 1. The molecular weight excluding hydrogens is 256 g/mol. The second-order valence-corrected chi connectivity index (χ2v) is 5.22. The predicted molar refractivity (Wildman–Crippen MR) is 70.7 cm³/mol. The molecule has 0 bridgehead atoms. The van der Waals surface area contributed by atoms with E-state index in [0.29, 0.717) is 0 Å². The molecule has 1 aliphatic rings. The SMILES string of the molecule is O=C(O)C=Cc1ccc(SN2NC=CS2)cc1. The fourth-order valence-corrected chi connectivity index (χ4v) is 2.65. The fourth-order valence-electron chi connectivity index (χ4n) is 1.16. The topological polar surface area (TPSA) is 52.6 Å². The zero-order valence-corrected chi connectivity index (χ0v) is 10.4. The smallest absolute Gasteiger partial charge is 0.328 e. The molecular formula is C11H10N2O2S2. The Morgan fingerprint density at radius 1 is 1.41 bits per heavy atom. The van der Waals surface area contributed by atoms with E-state index < -0.39 is 5.97 Å². The van der Waals surface area contributed by atoms with Gasteiger partial charge in [0.05, 0.1) is 0 Å². The molecule has 0 atom stereocenters. The summed E-state index contributed by atoms with van der Waals surface area (Å²) >= 11 is 3.14. The molecule has 0 spiro atoms. The van der Waals surface area contributed by atoms with Crippen molar-refractivity contribution in [1.82, 2.24) is 9.25 Å². The minimum Gasteiger partial charge on any atom is -0.478 e. The van der Waals surface area contributed by atoms with Gasteiger partial charge in [0.2, 0.25) is 0 Å². The number of carbonyl (C=O) groups is 1. The normalized spacial score (nSPS) is 15.3. The number of hydrogen-bond acceptors (Lipinski definition) is 5. The van der Waals surface area contributed by atoms with E-state index in [9.17, 15) is 4.79 Å². The lowest BCUT2D eigenvalue weighted by Gasteiger charge is -2.12. The lowest BCUT2D eigenvalue weighted by molar-refractivity contribution is -0.131. The summed E-state index contributed by atoms with van der Waals surface area (Å²) in [6.07, 6.45) is 4.56. The van der Waals surface area contributed by atoms with Gasteiger partial charge in [0.25, 0.3) is 0 Å². The molecule has 0 aromatic heterocycles. The standard InChI is InChI=1S/C11H10N2O2S2/c14-11(15)6-3-9-1-4-10(5-2-9)17-13-12-7-8-16-13/h1-8,12H,(H,14,15). The third-order valence-electron chi connectivity index (χ3n) is 1.89. The van der Waals surface area contributed by atoms with Gasteiger partial charge in [0.15, 0.2) is 0 Å². The van der Waals surface area contributed by atoms with Crippen molar-refractivity contribution in [3.05, 3.63) is 47.5 Å². The van der Waals surface area contributed by atoms with Gasteiger partial charge >= 0.3 is 5.97 Å². The molecule has 0 amide bonds. The Balaban J connectivity index is 1.95. The minimum atomic E-state index is -0.938. The Morgan fingerprint density at radius 3 is 2.76 bits per heavy atom. The van der Waals surface area contributed by atoms with Gasteiger partial charge in [-0.1, -0.05) is 16.0 Å². The van der Waals surface area contributed by atoms with Crippen LogP contribution in [0.4, 0.5) is 0 Å². The highest BCUT2D eigenvalue weighted by Gasteiger charge is 2.07. The van der Waals surface area contributed by atoms with Gasteiger partial charge < -0.3 is 10.5 Å². The van der Waals surface area contributed by atoms with Gasteiger partial charge in [-0.25, -0.2) is 4.79 Å². The Kier molecular flexibility index (Phi) is 4.13. The molecule has 0 saturated carbocycles. The van der Waals surface area contributed by atoms with Crippen LogP contribution in [0.2, 0.25) is 0 Å². The van der Waals surface area contributed by atoms with Gasteiger partial charge in [-0.05, 0) is 47.7 Å². The molecule has 88 valence electrons. The number of hydrazine groups is 1. The van der Waals surface area contributed by atoms with Crippen LogP contribution >= 0.6 is 23.9 Å². The van der Waals surface area contributed by atoms with Crippen LogP contribution in [0.3, 0.4) is 0 Å². The first kappa shape index (κ1) is 12.1. The lowest BCUT2D eigenvalue weighted by atomic mass is 10.2. The van der Waals surface area contributed by atoms with Crippen LogP contribution in [0.1, 0.15) is 5.56 Å². The quantitative estimate of drug-likeness (QED) is 0.645. The first-order valence-electron chi connectivity index (χ1n) is 4.81. The van der Waals surface area contributed by atoms with E-state index in [4.69, 9.17) is 5.11 Å². The van der Waals surface area contributed by atoms with E-state index >= 15 is 0 Å². The number of carboxylic acid groups (broad SMARTS) is 1. The van der Waals surface area contributed by atoms with Crippen molar-refractivity contribution in [2.45, 2.75) is 4.90 Å². The summed E-state index contributed by atoms with van der Waals surface area (Å²) in [4.78, 5) is 11.4. The average molecular weight is 266 g/mol. The molecule has 0 saturated heterocycles. The van der Waals surface area contributed by atoms with E-state index in [2.05, 4.69) is 5.43 Å². The molecule has 0 fully saturated rings. The molecule has 1 heterocycles. The largest absolute Gasteiger partial charge is 0.478 e. The van der Waals surface area contributed by atoms with Crippen molar-refractivity contribution in [2.75, 3.05) is 0 Å². The Hall–Kier alpha value is -1.37. The number of rotatable bonds is 4. The maximum atomic E-state index is 10.4. The van der Waals surface area contributed by atoms with Crippen LogP contribution in [-0.4, -0.2) is 14.9 Å². The number of nitrogens with zero attached hydrogens (tertiary/aromatic N) is 1. The number of hydrogen-bond donors (Lipinski definition) is 2. The number of benzene rings is 1. The van der Waals surface area contributed by atoms with Crippen LogP contribution in [0.15, 0.2) is 46.8 Å². The van der Waals surface area contributed by atoms with Gasteiger partial charge in [0, 0.05) is 22.6 Å². The predicted octanol–water partition coefficient (Wildman–Crippen LogP) is 2.73. The highest BCUT2D eigenvalue weighted by atomic mass is 32.2. The Morgan fingerprint density at radius 2 is 2.18 bits per heavy atom. The zero-order chi connectivity index (χ0) is 12.1. The third-order valence-corrected chi connectivity index (χ3v) is 3.68. The summed E-state index contributed by atoms with van der Waals surface area (Å²) in [6, 6.07) is 7.67. The van der Waals surface area contributed by atoms with E-state index in [1.807, 2.05) is 39.7 Å². The first-order chi connectivity index (χ1) is 8.24. The van der Waals surface area contributed by atoms with Gasteiger partial charge in [-0.3, -0.25) is 0 Å². The molecule has 2 N–H and O–H groups in total.